The first-order valence-electron chi connectivity index (χ1n) is 13.9. The van der Waals surface area contributed by atoms with Gasteiger partial charge < -0.3 is 19.9 Å². The number of carbonyl (C=O) groups excluding carboxylic acids is 1. The summed E-state index contributed by atoms with van der Waals surface area (Å²) in [4.78, 5) is 28.4. The van der Waals surface area contributed by atoms with Gasteiger partial charge in [-0.25, -0.2) is 27.5 Å². The molecule has 1 unspecified atom stereocenters. The van der Waals surface area contributed by atoms with Crippen LogP contribution in [0.5, 0.6) is 0 Å². The Kier molecular flexibility index (Phi) is 8.65. The molecule has 0 saturated carbocycles. The van der Waals surface area contributed by atoms with Crippen LogP contribution in [0.1, 0.15) is 43.1 Å². The van der Waals surface area contributed by atoms with Crippen molar-refractivity contribution >= 4 is 23.2 Å². The lowest BCUT2D eigenvalue weighted by atomic mass is 10.0. The minimum absolute atomic E-state index is 0.0323. The molecular formula is C30H34F4N6O2. The number of nitrogens with one attached hydrogen (secondary N) is 1. The zero-order valence-corrected chi connectivity index (χ0v) is 24.0. The van der Waals surface area contributed by atoms with Crippen molar-refractivity contribution < 1.29 is 27.1 Å². The number of halogens is 4. The fourth-order valence-electron chi connectivity index (χ4n) is 5.48. The third-order valence-electron chi connectivity index (χ3n) is 8.00. The fraction of sp³-hybridized carbons (Fsp3) is 0.433. The van der Waals surface area contributed by atoms with Gasteiger partial charge in [-0.1, -0.05) is 0 Å². The molecule has 2 saturated heterocycles. The number of anilines is 3. The van der Waals surface area contributed by atoms with Crippen molar-refractivity contribution in [3.63, 3.8) is 0 Å². The van der Waals surface area contributed by atoms with Crippen molar-refractivity contribution in [1.82, 2.24) is 14.9 Å². The van der Waals surface area contributed by atoms with E-state index in [0.717, 1.165) is 12.1 Å². The summed E-state index contributed by atoms with van der Waals surface area (Å²) in [6, 6.07) is 5.69. The van der Waals surface area contributed by atoms with Crippen molar-refractivity contribution in [3.05, 3.63) is 65.5 Å². The van der Waals surface area contributed by atoms with Crippen LogP contribution in [0, 0.1) is 11.6 Å². The zero-order chi connectivity index (χ0) is 30.1. The van der Waals surface area contributed by atoms with Crippen LogP contribution in [0.3, 0.4) is 0 Å². The smallest absolute Gasteiger partial charge is 0.264 e. The normalized spacial score (nSPS) is 21.6. The van der Waals surface area contributed by atoms with Crippen LogP contribution in [0.2, 0.25) is 0 Å². The van der Waals surface area contributed by atoms with E-state index in [-0.39, 0.29) is 35.0 Å². The first kappa shape index (κ1) is 29.7. The Balaban J connectivity index is 1.52. The minimum Gasteiger partial charge on any atom is -0.375 e. The number of amides is 1. The number of benzene rings is 2. The Morgan fingerprint density at radius 3 is 2.33 bits per heavy atom. The van der Waals surface area contributed by atoms with Gasteiger partial charge in [-0.15, -0.1) is 0 Å². The SMILES string of the molecule is CC1CN(c2ncc(-c3cc(NC(=O)c4ccc(F)cc4C(F)F)c(N4C[C@@H](C)N(C)[C@@H](C)C4)cc3F)cn2)CCO1. The third kappa shape index (κ3) is 6.19. The zero-order valence-electron chi connectivity index (χ0n) is 24.0. The van der Waals surface area contributed by atoms with Gasteiger partial charge in [-0.3, -0.25) is 9.69 Å². The van der Waals surface area contributed by atoms with E-state index in [4.69, 9.17) is 4.74 Å². The maximum atomic E-state index is 15.7. The lowest BCUT2D eigenvalue weighted by molar-refractivity contribution is 0.0526. The van der Waals surface area contributed by atoms with Gasteiger partial charge in [0.05, 0.1) is 24.1 Å². The molecule has 1 amide bonds. The highest BCUT2D eigenvalue weighted by Crippen LogP contribution is 2.36. The molecule has 2 fully saturated rings. The molecule has 12 heteroatoms. The molecule has 2 aromatic carbocycles. The summed E-state index contributed by atoms with van der Waals surface area (Å²) < 4.78 is 62.4. The highest BCUT2D eigenvalue weighted by Gasteiger charge is 2.30. The second kappa shape index (κ2) is 12.2. The predicted octanol–water partition coefficient (Wildman–Crippen LogP) is 5.37. The van der Waals surface area contributed by atoms with Crippen LogP contribution >= 0.6 is 0 Å². The van der Waals surface area contributed by atoms with Crippen LogP contribution < -0.4 is 15.1 Å². The number of hydrogen-bond donors (Lipinski definition) is 1. The van der Waals surface area contributed by atoms with Gasteiger partial charge >= 0.3 is 0 Å². The topological polar surface area (TPSA) is 73.8 Å². The van der Waals surface area contributed by atoms with E-state index >= 15 is 4.39 Å². The summed E-state index contributed by atoms with van der Waals surface area (Å²) >= 11 is 0. The molecule has 0 radical (unpaired) electrons. The summed E-state index contributed by atoms with van der Waals surface area (Å²) in [5.74, 6) is -1.78. The van der Waals surface area contributed by atoms with E-state index < -0.39 is 29.5 Å². The highest BCUT2D eigenvalue weighted by molar-refractivity contribution is 6.07. The number of alkyl halides is 2. The number of rotatable bonds is 6. The van der Waals surface area contributed by atoms with Crippen LogP contribution in [0.4, 0.5) is 34.9 Å². The molecule has 0 aliphatic carbocycles. The number of morpholine rings is 1. The Labute approximate surface area is 242 Å². The molecular weight excluding hydrogens is 552 g/mol. The van der Waals surface area contributed by atoms with Crippen LogP contribution in [0.25, 0.3) is 11.1 Å². The molecule has 2 aliphatic heterocycles. The third-order valence-corrected chi connectivity index (χ3v) is 8.00. The summed E-state index contributed by atoms with van der Waals surface area (Å²) in [6.45, 7) is 8.98. The van der Waals surface area contributed by atoms with Gasteiger partial charge in [0.15, 0.2) is 0 Å². The van der Waals surface area contributed by atoms with Gasteiger partial charge in [-0.05, 0) is 58.2 Å². The number of hydrogen-bond acceptors (Lipinski definition) is 7. The quantitative estimate of drug-likeness (QED) is 0.390. The van der Waals surface area contributed by atoms with Crippen molar-refractivity contribution in [2.75, 3.05) is 55.0 Å². The van der Waals surface area contributed by atoms with Gasteiger partial charge in [0.25, 0.3) is 12.3 Å². The molecule has 224 valence electrons. The Hall–Kier alpha value is -3.77. The molecule has 3 aromatic rings. The van der Waals surface area contributed by atoms with Gasteiger partial charge in [0.2, 0.25) is 5.95 Å². The maximum absolute atomic E-state index is 15.7. The molecule has 1 N–H and O–H groups in total. The van der Waals surface area contributed by atoms with Crippen LogP contribution in [-0.4, -0.2) is 78.8 Å². The summed E-state index contributed by atoms with van der Waals surface area (Å²) in [5.41, 5.74) is 0.0810. The van der Waals surface area contributed by atoms with Crippen molar-refractivity contribution in [2.24, 2.45) is 0 Å². The second-order valence-electron chi connectivity index (χ2n) is 11.0. The van der Waals surface area contributed by atoms with E-state index in [9.17, 15) is 18.0 Å². The maximum Gasteiger partial charge on any atom is 0.264 e. The molecule has 2 aliphatic rings. The predicted molar refractivity (Wildman–Crippen MR) is 153 cm³/mol. The average Bonchev–Trinajstić information content (AvgIpc) is 2.96. The number of piperazine rings is 1. The van der Waals surface area contributed by atoms with Crippen molar-refractivity contribution in [3.8, 4) is 11.1 Å². The minimum atomic E-state index is -3.06. The molecule has 3 heterocycles. The van der Waals surface area contributed by atoms with E-state index in [2.05, 4.69) is 20.2 Å². The number of likely N-dealkylation sites (N-methyl/N-ethyl adjacent to an activating group) is 1. The molecule has 0 spiro atoms. The average molecular weight is 587 g/mol. The molecule has 0 bridgehead atoms. The van der Waals surface area contributed by atoms with E-state index in [0.29, 0.717) is 56.1 Å². The highest BCUT2D eigenvalue weighted by atomic mass is 19.3. The summed E-state index contributed by atoms with van der Waals surface area (Å²) in [7, 11) is 2.01. The first-order valence-corrected chi connectivity index (χ1v) is 13.9. The van der Waals surface area contributed by atoms with Crippen LogP contribution in [-0.2, 0) is 4.74 Å². The Bertz CT molecular complexity index is 1430. The molecule has 5 rings (SSSR count). The first-order chi connectivity index (χ1) is 20.0. The van der Waals surface area contributed by atoms with Crippen molar-refractivity contribution in [2.45, 2.75) is 45.4 Å². The lowest BCUT2D eigenvalue weighted by Crippen LogP contribution is -2.55. The van der Waals surface area contributed by atoms with Gasteiger partial charge in [-0.2, -0.15) is 0 Å². The summed E-state index contributed by atoms with van der Waals surface area (Å²) in [5, 5.41) is 2.71. The molecule has 8 nitrogen and oxygen atoms in total. The Morgan fingerprint density at radius 2 is 1.69 bits per heavy atom. The largest absolute Gasteiger partial charge is 0.375 e. The standard InChI is InChI=1S/C30H34F4N6O2/c1-17-14-40(15-18(2)38(17)4)27-11-25(32)23(20-12-35-30(36-13-20)39-7-8-42-19(3)16-39)10-26(27)37-29(41)22-6-5-21(31)9-24(22)28(33)34/h5-6,9-13,17-19,28H,7-8,14-16H2,1-4H3,(H,37,41)/t17-,18+,19?. The Morgan fingerprint density at radius 1 is 1.00 bits per heavy atom. The molecule has 3 atom stereocenters. The van der Waals surface area contributed by atoms with Crippen molar-refractivity contribution in [1.29, 1.82) is 0 Å². The molecule has 42 heavy (non-hydrogen) atoms. The van der Waals surface area contributed by atoms with Gasteiger partial charge in [0.1, 0.15) is 11.6 Å². The number of carbonyl (C=O) groups is 1. The summed E-state index contributed by atoms with van der Waals surface area (Å²) in [6.07, 6.45) is 0.00115. The van der Waals surface area contributed by atoms with Crippen LogP contribution in [0.15, 0.2) is 42.7 Å². The van der Waals surface area contributed by atoms with E-state index in [1.54, 1.807) is 0 Å². The number of ether oxygens (including phenoxy) is 1. The van der Waals surface area contributed by atoms with Gasteiger partial charge in [0, 0.05) is 72.9 Å². The second-order valence-corrected chi connectivity index (χ2v) is 11.0. The fourth-order valence-corrected chi connectivity index (χ4v) is 5.48. The monoisotopic (exact) mass is 586 g/mol. The van der Waals surface area contributed by atoms with E-state index in [1.807, 2.05) is 37.6 Å². The lowest BCUT2D eigenvalue weighted by Gasteiger charge is -2.44. The van der Waals surface area contributed by atoms with E-state index in [1.165, 1.54) is 24.5 Å². The number of aromatic nitrogens is 2. The number of nitrogens with zero attached hydrogens (tertiary/aromatic N) is 5. The molecule has 1 aromatic heterocycles.